The van der Waals surface area contributed by atoms with E-state index in [0.29, 0.717) is 15.1 Å². The molecule has 0 aromatic heterocycles. The zero-order valence-electron chi connectivity index (χ0n) is 8.34. The Morgan fingerprint density at radius 1 is 1.53 bits per heavy atom. The number of nitrogens with zero attached hydrogens (tertiary/aromatic N) is 1. The maximum absolute atomic E-state index is 12.8. The molecular weight excluding hydrogens is 308 g/mol. The summed E-state index contributed by atoms with van der Waals surface area (Å²) >= 11 is 1.99. The first-order chi connectivity index (χ1) is 7.08. The van der Waals surface area contributed by atoms with Crippen LogP contribution in [0.4, 0.5) is 4.39 Å². The fourth-order valence-electron chi connectivity index (χ4n) is 1.70. The Labute approximate surface area is 102 Å². The molecule has 0 aliphatic carbocycles. The van der Waals surface area contributed by atoms with Crippen molar-refractivity contribution in [1.82, 2.24) is 4.90 Å². The SMILES string of the molecule is CC1CN(C(=O)c2ccc(F)cc2I)C1. The molecule has 1 fully saturated rings. The number of carbonyl (C=O) groups is 1. The van der Waals surface area contributed by atoms with Crippen molar-refractivity contribution in [3.05, 3.63) is 33.1 Å². The minimum absolute atomic E-state index is 0.0116. The second kappa shape index (κ2) is 4.08. The van der Waals surface area contributed by atoms with E-state index in [0.717, 1.165) is 13.1 Å². The van der Waals surface area contributed by atoms with Gasteiger partial charge in [0.25, 0.3) is 5.91 Å². The molecule has 1 aliphatic heterocycles. The van der Waals surface area contributed by atoms with Crippen molar-refractivity contribution >= 4 is 28.5 Å². The molecule has 1 aromatic rings. The predicted octanol–water partition coefficient (Wildman–Crippen LogP) is 2.52. The van der Waals surface area contributed by atoms with Crippen LogP contribution in [-0.4, -0.2) is 23.9 Å². The number of rotatable bonds is 1. The standard InChI is InChI=1S/C11H11FINO/c1-7-5-14(6-7)11(15)9-3-2-8(12)4-10(9)13/h2-4,7H,5-6H2,1H3. The van der Waals surface area contributed by atoms with Crippen LogP contribution in [0.2, 0.25) is 0 Å². The number of likely N-dealkylation sites (tertiary alicyclic amines) is 1. The van der Waals surface area contributed by atoms with Gasteiger partial charge < -0.3 is 4.90 Å². The Morgan fingerprint density at radius 2 is 2.20 bits per heavy atom. The molecule has 0 N–H and O–H groups in total. The topological polar surface area (TPSA) is 20.3 Å². The molecule has 0 radical (unpaired) electrons. The van der Waals surface area contributed by atoms with Crippen LogP contribution in [0.3, 0.4) is 0 Å². The highest BCUT2D eigenvalue weighted by atomic mass is 127. The summed E-state index contributed by atoms with van der Waals surface area (Å²) in [6.45, 7) is 3.73. The average Bonchev–Trinajstić information content (AvgIpc) is 2.12. The summed E-state index contributed by atoms with van der Waals surface area (Å²) in [7, 11) is 0. The molecule has 80 valence electrons. The van der Waals surface area contributed by atoms with Crippen LogP contribution in [0.25, 0.3) is 0 Å². The Morgan fingerprint density at radius 3 is 2.73 bits per heavy atom. The summed E-state index contributed by atoms with van der Waals surface area (Å²) < 4.78 is 13.5. The second-order valence-corrected chi connectivity index (χ2v) is 5.10. The number of benzene rings is 1. The fraction of sp³-hybridized carbons (Fsp3) is 0.364. The second-order valence-electron chi connectivity index (χ2n) is 3.94. The Hall–Kier alpha value is -0.650. The molecule has 0 saturated carbocycles. The molecule has 1 aliphatic rings. The minimum atomic E-state index is -0.298. The van der Waals surface area contributed by atoms with Crippen molar-refractivity contribution in [1.29, 1.82) is 0 Å². The van der Waals surface area contributed by atoms with Crippen molar-refractivity contribution in [3.8, 4) is 0 Å². The summed E-state index contributed by atoms with van der Waals surface area (Å²) in [6, 6.07) is 4.28. The van der Waals surface area contributed by atoms with Gasteiger partial charge in [-0.05, 0) is 46.7 Å². The van der Waals surface area contributed by atoms with E-state index in [9.17, 15) is 9.18 Å². The molecule has 4 heteroatoms. The van der Waals surface area contributed by atoms with Gasteiger partial charge in [0.1, 0.15) is 5.82 Å². The lowest BCUT2D eigenvalue weighted by atomic mass is 10.0. The first-order valence-corrected chi connectivity index (χ1v) is 5.90. The number of halogens is 2. The lowest BCUT2D eigenvalue weighted by molar-refractivity contribution is 0.0529. The molecule has 1 amide bonds. The fourth-order valence-corrected chi connectivity index (χ4v) is 2.41. The predicted molar refractivity (Wildman–Crippen MR) is 64.2 cm³/mol. The smallest absolute Gasteiger partial charge is 0.254 e. The van der Waals surface area contributed by atoms with Crippen LogP contribution in [0.15, 0.2) is 18.2 Å². The first-order valence-electron chi connectivity index (χ1n) is 4.82. The van der Waals surface area contributed by atoms with Gasteiger partial charge in [-0.3, -0.25) is 4.79 Å². The Kier molecular flexibility index (Phi) is 2.95. The molecule has 2 rings (SSSR count). The van der Waals surface area contributed by atoms with E-state index in [1.165, 1.54) is 12.1 Å². The molecule has 1 aromatic carbocycles. The Balaban J connectivity index is 2.19. The molecular formula is C11H11FINO. The highest BCUT2D eigenvalue weighted by Gasteiger charge is 2.28. The summed E-state index contributed by atoms with van der Waals surface area (Å²) in [6.07, 6.45) is 0. The minimum Gasteiger partial charge on any atom is -0.338 e. The van der Waals surface area contributed by atoms with Crippen LogP contribution >= 0.6 is 22.6 Å². The van der Waals surface area contributed by atoms with Crippen molar-refractivity contribution in [2.45, 2.75) is 6.92 Å². The summed E-state index contributed by atoms with van der Waals surface area (Å²) in [5.74, 6) is 0.303. The Bertz CT molecular complexity index is 402. The maximum Gasteiger partial charge on any atom is 0.254 e. The van der Waals surface area contributed by atoms with Crippen LogP contribution in [0.5, 0.6) is 0 Å². The van der Waals surface area contributed by atoms with Crippen LogP contribution < -0.4 is 0 Å². The third kappa shape index (κ3) is 2.14. The van der Waals surface area contributed by atoms with E-state index in [2.05, 4.69) is 6.92 Å². The van der Waals surface area contributed by atoms with E-state index < -0.39 is 0 Å². The number of hydrogen-bond donors (Lipinski definition) is 0. The number of amides is 1. The third-order valence-electron chi connectivity index (χ3n) is 2.51. The first kappa shape index (κ1) is 10.9. The van der Waals surface area contributed by atoms with E-state index in [1.807, 2.05) is 22.6 Å². The van der Waals surface area contributed by atoms with E-state index in [-0.39, 0.29) is 11.7 Å². The van der Waals surface area contributed by atoms with E-state index in [4.69, 9.17) is 0 Å². The number of carbonyl (C=O) groups excluding carboxylic acids is 1. The summed E-state index contributed by atoms with van der Waals surface area (Å²) in [4.78, 5) is 13.7. The largest absolute Gasteiger partial charge is 0.338 e. The summed E-state index contributed by atoms with van der Waals surface area (Å²) in [5.41, 5.74) is 0.601. The van der Waals surface area contributed by atoms with Gasteiger partial charge in [-0.2, -0.15) is 0 Å². The van der Waals surface area contributed by atoms with Gasteiger partial charge >= 0.3 is 0 Å². The molecule has 15 heavy (non-hydrogen) atoms. The van der Waals surface area contributed by atoms with Crippen molar-refractivity contribution in [2.24, 2.45) is 5.92 Å². The van der Waals surface area contributed by atoms with Gasteiger partial charge in [-0.1, -0.05) is 6.92 Å². The van der Waals surface area contributed by atoms with Crippen LogP contribution in [0.1, 0.15) is 17.3 Å². The zero-order valence-corrected chi connectivity index (χ0v) is 10.5. The quantitative estimate of drug-likeness (QED) is 0.729. The molecule has 0 bridgehead atoms. The highest BCUT2D eigenvalue weighted by Crippen LogP contribution is 2.21. The van der Waals surface area contributed by atoms with Crippen LogP contribution in [0, 0.1) is 15.3 Å². The molecule has 0 spiro atoms. The van der Waals surface area contributed by atoms with Gasteiger partial charge in [0.2, 0.25) is 0 Å². The van der Waals surface area contributed by atoms with Crippen molar-refractivity contribution < 1.29 is 9.18 Å². The zero-order chi connectivity index (χ0) is 11.0. The molecule has 2 nitrogen and oxygen atoms in total. The van der Waals surface area contributed by atoms with Crippen LogP contribution in [-0.2, 0) is 0 Å². The van der Waals surface area contributed by atoms with E-state index >= 15 is 0 Å². The van der Waals surface area contributed by atoms with E-state index in [1.54, 1.807) is 11.0 Å². The van der Waals surface area contributed by atoms with Gasteiger partial charge in [-0.25, -0.2) is 4.39 Å². The van der Waals surface area contributed by atoms with Crippen molar-refractivity contribution in [2.75, 3.05) is 13.1 Å². The lowest BCUT2D eigenvalue weighted by Gasteiger charge is -2.37. The third-order valence-corrected chi connectivity index (χ3v) is 3.41. The maximum atomic E-state index is 12.8. The molecule has 0 atom stereocenters. The lowest BCUT2D eigenvalue weighted by Crippen LogP contribution is -2.48. The van der Waals surface area contributed by atoms with Gasteiger partial charge in [0, 0.05) is 16.7 Å². The summed E-state index contributed by atoms with van der Waals surface area (Å²) in [5, 5.41) is 0. The van der Waals surface area contributed by atoms with Crippen molar-refractivity contribution in [3.63, 3.8) is 0 Å². The van der Waals surface area contributed by atoms with Gasteiger partial charge in [0.15, 0.2) is 0 Å². The number of hydrogen-bond acceptors (Lipinski definition) is 1. The van der Waals surface area contributed by atoms with Gasteiger partial charge in [-0.15, -0.1) is 0 Å². The molecule has 0 unspecified atom stereocenters. The normalized spacial score (nSPS) is 16.3. The monoisotopic (exact) mass is 319 g/mol. The molecule has 1 heterocycles. The average molecular weight is 319 g/mol. The highest BCUT2D eigenvalue weighted by molar-refractivity contribution is 14.1. The van der Waals surface area contributed by atoms with Gasteiger partial charge in [0.05, 0.1) is 5.56 Å². The molecule has 1 saturated heterocycles.